The molecule has 0 N–H and O–H groups in total. The van der Waals surface area contributed by atoms with Crippen LogP contribution in [-0.4, -0.2) is 76.1 Å². The summed E-state index contributed by atoms with van der Waals surface area (Å²) in [5, 5.41) is 1.27. The first-order valence-electron chi connectivity index (χ1n) is 11.6. The number of thioether (sulfide) groups is 1. The maximum Gasteiger partial charge on any atom is 0.255 e. The molecular weight excluding hydrogens is 493 g/mol. The van der Waals surface area contributed by atoms with Crippen LogP contribution in [0.15, 0.2) is 35.5 Å². The van der Waals surface area contributed by atoms with Crippen LogP contribution in [0.2, 0.25) is 10.2 Å². The Morgan fingerprint density at radius 1 is 1.12 bits per heavy atom. The normalized spacial score (nSPS) is 16.0. The summed E-state index contributed by atoms with van der Waals surface area (Å²) < 4.78 is 0. The van der Waals surface area contributed by atoms with Gasteiger partial charge in [0.25, 0.3) is 5.91 Å². The number of amides is 2. The highest BCUT2D eigenvalue weighted by Gasteiger charge is 2.30. The maximum atomic E-state index is 13.0. The Morgan fingerprint density at radius 3 is 2.47 bits per heavy atom. The van der Waals surface area contributed by atoms with Gasteiger partial charge in [0.15, 0.2) is 5.16 Å². The van der Waals surface area contributed by atoms with E-state index in [1.54, 1.807) is 18.2 Å². The van der Waals surface area contributed by atoms with E-state index >= 15 is 0 Å². The maximum absolute atomic E-state index is 13.0. The lowest BCUT2D eigenvalue weighted by atomic mass is 10.1. The van der Waals surface area contributed by atoms with Gasteiger partial charge in [0, 0.05) is 44.8 Å². The van der Waals surface area contributed by atoms with Crippen LogP contribution >= 0.6 is 35.0 Å². The number of carbonyl (C=O) groups excluding carboxylic acids is 2. The number of piperazine rings is 1. The Morgan fingerprint density at radius 2 is 1.82 bits per heavy atom. The molecule has 1 aliphatic rings. The molecule has 7 nitrogen and oxygen atoms in total. The molecule has 1 aliphatic heterocycles. The number of aromatic nitrogens is 2. The van der Waals surface area contributed by atoms with Crippen LogP contribution in [0.4, 0.5) is 5.82 Å². The standard InChI is InChI=1S/C24H31Cl2N5O2S/c1-4-10-29(11-5-2)22(32)16-34-24-27-20(26)14-21(28-24)30-12-13-31(17(3)15-30)23(33)18-8-6-7-9-19(18)25/h6-9,14,17H,4-5,10-13,15-16H2,1-3H3. The van der Waals surface area contributed by atoms with E-state index in [9.17, 15) is 9.59 Å². The Kier molecular flexibility index (Phi) is 9.85. The number of rotatable bonds is 9. The molecule has 0 saturated carbocycles. The topological polar surface area (TPSA) is 69.6 Å². The zero-order chi connectivity index (χ0) is 24.7. The van der Waals surface area contributed by atoms with Crippen LogP contribution in [0, 0.1) is 0 Å². The molecule has 0 spiro atoms. The van der Waals surface area contributed by atoms with Crippen molar-refractivity contribution in [1.29, 1.82) is 0 Å². The van der Waals surface area contributed by atoms with E-state index in [-0.39, 0.29) is 23.6 Å². The van der Waals surface area contributed by atoms with Gasteiger partial charge in [-0.2, -0.15) is 0 Å². The SMILES string of the molecule is CCCN(CCC)C(=O)CSc1nc(Cl)cc(N2CCN(C(=O)c3ccccc3Cl)C(C)C2)n1. The summed E-state index contributed by atoms with van der Waals surface area (Å²) in [5.41, 5.74) is 0.512. The van der Waals surface area contributed by atoms with E-state index in [2.05, 4.69) is 28.7 Å². The van der Waals surface area contributed by atoms with Gasteiger partial charge in [-0.1, -0.05) is 60.9 Å². The average Bonchev–Trinajstić information content (AvgIpc) is 2.82. The third-order valence-corrected chi connectivity index (χ3v) is 7.00. The van der Waals surface area contributed by atoms with E-state index < -0.39 is 0 Å². The molecule has 0 radical (unpaired) electrons. The number of anilines is 1. The van der Waals surface area contributed by atoms with Crippen molar-refractivity contribution < 1.29 is 9.59 Å². The zero-order valence-corrected chi connectivity index (χ0v) is 22.2. The van der Waals surface area contributed by atoms with E-state index in [1.807, 2.05) is 28.9 Å². The minimum Gasteiger partial charge on any atom is -0.353 e. The summed E-state index contributed by atoms with van der Waals surface area (Å²) in [6.07, 6.45) is 1.86. The zero-order valence-electron chi connectivity index (χ0n) is 19.8. The van der Waals surface area contributed by atoms with Crippen LogP contribution in [0.3, 0.4) is 0 Å². The van der Waals surface area contributed by atoms with Crippen molar-refractivity contribution in [3.63, 3.8) is 0 Å². The molecule has 10 heteroatoms. The van der Waals surface area contributed by atoms with Gasteiger partial charge in [-0.25, -0.2) is 9.97 Å². The Labute approximate surface area is 215 Å². The molecule has 0 aliphatic carbocycles. The first kappa shape index (κ1) is 26.6. The Balaban J connectivity index is 1.65. The predicted molar refractivity (Wildman–Crippen MR) is 139 cm³/mol. The molecule has 184 valence electrons. The van der Waals surface area contributed by atoms with E-state index in [0.717, 1.165) is 25.9 Å². The average molecular weight is 525 g/mol. The van der Waals surface area contributed by atoms with Crippen molar-refractivity contribution >= 4 is 52.6 Å². The first-order chi connectivity index (χ1) is 16.3. The number of nitrogens with zero attached hydrogens (tertiary/aromatic N) is 5. The molecule has 1 atom stereocenters. The monoisotopic (exact) mass is 523 g/mol. The molecule has 2 heterocycles. The molecule has 1 unspecified atom stereocenters. The second kappa shape index (κ2) is 12.6. The van der Waals surface area contributed by atoms with E-state index in [1.165, 1.54) is 11.8 Å². The van der Waals surface area contributed by atoms with Crippen molar-refractivity contribution in [1.82, 2.24) is 19.8 Å². The second-order valence-electron chi connectivity index (χ2n) is 8.27. The van der Waals surface area contributed by atoms with Crippen LogP contribution in [0.1, 0.15) is 44.0 Å². The highest BCUT2D eigenvalue weighted by molar-refractivity contribution is 7.99. The summed E-state index contributed by atoms with van der Waals surface area (Å²) in [5.74, 6) is 0.984. The molecule has 1 aromatic carbocycles. The molecule has 1 fully saturated rings. The highest BCUT2D eigenvalue weighted by atomic mass is 35.5. The smallest absolute Gasteiger partial charge is 0.255 e. The summed E-state index contributed by atoms with van der Waals surface area (Å²) in [6, 6.07) is 8.80. The molecule has 34 heavy (non-hydrogen) atoms. The quantitative estimate of drug-likeness (QED) is 0.265. The number of hydrogen-bond donors (Lipinski definition) is 0. The van der Waals surface area contributed by atoms with E-state index in [0.29, 0.717) is 46.3 Å². The van der Waals surface area contributed by atoms with Gasteiger partial charge in [-0.15, -0.1) is 0 Å². The summed E-state index contributed by atoms with van der Waals surface area (Å²) in [6.45, 7) is 9.40. The van der Waals surface area contributed by atoms with Gasteiger partial charge >= 0.3 is 0 Å². The second-order valence-corrected chi connectivity index (χ2v) is 10.0. The molecule has 3 rings (SSSR count). The molecule has 2 amide bonds. The number of hydrogen-bond acceptors (Lipinski definition) is 6. The lowest BCUT2D eigenvalue weighted by molar-refractivity contribution is -0.128. The summed E-state index contributed by atoms with van der Waals surface area (Å²) in [7, 11) is 0. The van der Waals surface area contributed by atoms with Crippen LogP contribution in [-0.2, 0) is 4.79 Å². The largest absolute Gasteiger partial charge is 0.353 e. The number of benzene rings is 1. The van der Waals surface area contributed by atoms with E-state index in [4.69, 9.17) is 23.2 Å². The third-order valence-electron chi connectivity index (χ3n) is 5.64. The first-order valence-corrected chi connectivity index (χ1v) is 13.3. The molecule has 1 saturated heterocycles. The molecule has 1 aromatic heterocycles. The predicted octanol–water partition coefficient (Wildman–Crippen LogP) is 4.88. The van der Waals surface area contributed by atoms with Gasteiger partial charge in [-0.05, 0) is 31.9 Å². The molecule has 0 bridgehead atoms. The van der Waals surface area contributed by atoms with Crippen molar-refractivity contribution in [3.05, 3.63) is 46.1 Å². The van der Waals surface area contributed by atoms with Crippen LogP contribution in [0.25, 0.3) is 0 Å². The van der Waals surface area contributed by atoms with Crippen LogP contribution in [0.5, 0.6) is 0 Å². The highest BCUT2D eigenvalue weighted by Crippen LogP contribution is 2.26. The fourth-order valence-electron chi connectivity index (χ4n) is 3.99. The van der Waals surface area contributed by atoms with Gasteiger partial charge in [0.1, 0.15) is 11.0 Å². The lowest BCUT2D eigenvalue weighted by Crippen LogP contribution is -2.54. The number of halogens is 2. The van der Waals surface area contributed by atoms with Gasteiger partial charge in [-0.3, -0.25) is 9.59 Å². The minimum absolute atomic E-state index is 0.0411. The molecule has 2 aromatic rings. The molecular formula is C24H31Cl2N5O2S. The Bertz CT molecular complexity index is 1000. The van der Waals surface area contributed by atoms with Gasteiger partial charge in [0.2, 0.25) is 5.91 Å². The van der Waals surface area contributed by atoms with Crippen molar-refractivity contribution in [2.24, 2.45) is 0 Å². The number of carbonyl (C=O) groups is 2. The summed E-state index contributed by atoms with van der Waals surface area (Å²) >= 11 is 13.8. The lowest BCUT2D eigenvalue weighted by Gasteiger charge is -2.40. The fourth-order valence-corrected chi connectivity index (χ4v) is 5.19. The summed E-state index contributed by atoms with van der Waals surface area (Å²) in [4.78, 5) is 40.4. The Hall–Kier alpha value is -2.03. The van der Waals surface area contributed by atoms with Gasteiger partial charge < -0.3 is 14.7 Å². The van der Waals surface area contributed by atoms with Crippen LogP contribution < -0.4 is 4.90 Å². The fraction of sp³-hybridized carbons (Fsp3) is 0.500. The van der Waals surface area contributed by atoms with Gasteiger partial charge in [0.05, 0.1) is 16.3 Å². The van der Waals surface area contributed by atoms with Crippen molar-refractivity contribution in [3.8, 4) is 0 Å². The third kappa shape index (κ3) is 6.77. The minimum atomic E-state index is -0.0723. The van der Waals surface area contributed by atoms with Crippen molar-refractivity contribution in [2.75, 3.05) is 43.4 Å². The van der Waals surface area contributed by atoms with Crippen molar-refractivity contribution in [2.45, 2.75) is 44.8 Å².